The number of anilines is 1. The second-order valence-corrected chi connectivity index (χ2v) is 4.53. The van der Waals surface area contributed by atoms with Gasteiger partial charge >= 0.3 is 0 Å². The van der Waals surface area contributed by atoms with Crippen LogP contribution in [0.1, 0.15) is 12.1 Å². The van der Waals surface area contributed by atoms with Crippen LogP contribution in [0.4, 0.5) is 5.69 Å². The molecule has 98 valence electrons. The van der Waals surface area contributed by atoms with Crippen molar-refractivity contribution in [2.75, 3.05) is 38.8 Å². The summed E-state index contributed by atoms with van der Waals surface area (Å²) in [6.45, 7) is 3.58. The predicted octanol–water partition coefficient (Wildman–Crippen LogP) is 1.58. The zero-order valence-electron chi connectivity index (χ0n) is 11.1. The van der Waals surface area contributed by atoms with Crippen LogP contribution in [0, 0.1) is 0 Å². The van der Waals surface area contributed by atoms with Gasteiger partial charge in [0, 0.05) is 38.6 Å². The van der Waals surface area contributed by atoms with Crippen molar-refractivity contribution in [3.8, 4) is 0 Å². The van der Waals surface area contributed by atoms with E-state index in [-0.39, 0.29) is 0 Å². The number of nitrogens with zero attached hydrogens (tertiary/aromatic N) is 2. The van der Waals surface area contributed by atoms with Gasteiger partial charge in [0.15, 0.2) is 0 Å². The average molecular weight is 247 g/mol. The normalized spacial score (nSPS) is 15.7. The standard InChI is InChI=1S/C14H21N3O/c1-15-10-13-9-14(3-6-16-13)17-7-4-12(5-8-17)11-18-2/h3-4,6,9,15H,5,7-8,10-11H2,1-2H3. The first-order valence-electron chi connectivity index (χ1n) is 6.35. The molecule has 1 aromatic rings. The van der Waals surface area contributed by atoms with E-state index in [4.69, 9.17) is 4.74 Å². The molecule has 0 aliphatic carbocycles. The summed E-state index contributed by atoms with van der Waals surface area (Å²) in [5.41, 5.74) is 3.74. The van der Waals surface area contributed by atoms with Crippen LogP contribution >= 0.6 is 0 Å². The highest BCUT2D eigenvalue weighted by molar-refractivity contribution is 5.48. The molecule has 0 fully saturated rings. The number of rotatable bonds is 5. The van der Waals surface area contributed by atoms with Gasteiger partial charge in [0.2, 0.25) is 0 Å². The van der Waals surface area contributed by atoms with Crippen molar-refractivity contribution in [2.24, 2.45) is 0 Å². The third-order valence-electron chi connectivity index (χ3n) is 3.16. The van der Waals surface area contributed by atoms with E-state index in [0.29, 0.717) is 0 Å². The average Bonchev–Trinajstić information content (AvgIpc) is 2.41. The van der Waals surface area contributed by atoms with E-state index in [9.17, 15) is 0 Å². The fourth-order valence-corrected chi connectivity index (χ4v) is 2.20. The third-order valence-corrected chi connectivity index (χ3v) is 3.16. The molecular formula is C14H21N3O. The Bertz CT molecular complexity index is 417. The Balaban J connectivity index is 2.02. The molecule has 1 aliphatic rings. The van der Waals surface area contributed by atoms with Crippen LogP contribution in [-0.4, -0.2) is 38.8 Å². The number of hydrogen-bond acceptors (Lipinski definition) is 4. The Hall–Kier alpha value is -1.39. The summed E-state index contributed by atoms with van der Waals surface area (Å²) >= 11 is 0. The first-order chi connectivity index (χ1) is 8.83. The highest BCUT2D eigenvalue weighted by atomic mass is 16.5. The van der Waals surface area contributed by atoms with Crippen LogP contribution in [0.2, 0.25) is 0 Å². The van der Waals surface area contributed by atoms with Gasteiger partial charge in [-0.1, -0.05) is 6.08 Å². The van der Waals surface area contributed by atoms with Gasteiger partial charge in [0.25, 0.3) is 0 Å². The lowest BCUT2D eigenvalue weighted by Gasteiger charge is -2.28. The minimum atomic E-state index is 0.759. The van der Waals surface area contributed by atoms with E-state index in [1.165, 1.54) is 11.3 Å². The zero-order chi connectivity index (χ0) is 12.8. The molecule has 0 saturated heterocycles. The highest BCUT2D eigenvalue weighted by Crippen LogP contribution is 2.20. The van der Waals surface area contributed by atoms with Crippen molar-refractivity contribution in [1.29, 1.82) is 0 Å². The molecule has 0 unspecified atom stereocenters. The molecule has 0 saturated carbocycles. The summed E-state index contributed by atoms with van der Waals surface area (Å²) < 4.78 is 5.17. The van der Waals surface area contributed by atoms with Gasteiger partial charge in [-0.3, -0.25) is 4.98 Å². The van der Waals surface area contributed by atoms with Crippen LogP contribution in [0.5, 0.6) is 0 Å². The molecule has 0 atom stereocenters. The Morgan fingerprint density at radius 3 is 3.06 bits per heavy atom. The Morgan fingerprint density at radius 1 is 1.50 bits per heavy atom. The molecule has 18 heavy (non-hydrogen) atoms. The van der Waals surface area contributed by atoms with E-state index in [0.717, 1.165) is 38.4 Å². The van der Waals surface area contributed by atoms with Gasteiger partial charge < -0.3 is 15.0 Å². The molecule has 4 nitrogen and oxygen atoms in total. The Labute approximate surface area is 109 Å². The number of nitrogens with one attached hydrogen (secondary N) is 1. The minimum Gasteiger partial charge on any atom is -0.380 e. The van der Waals surface area contributed by atoms with Crippen LogP contribution in [0.25, 0.3) is 0 Å². The van der Waals surface area contributed by atoms with Crippen LogP contribution in [0.15, 0.2) is 30.0 Å². The molecule has 1 N–H and O–H groups in total. The highest BCUT2D eigenvalue weighted by Gasteiger charge is 2.12. The maximum absolute atomic E-state index is 5.17. The number of ether oxygens (including phenoxy) is 1. The lowest BCUT2D eigenvalue weighted by Crippen LogP contribution is -2.29. The largest absolute Gasteiger partial charge is 0.380 e. The molecule has 0 bridgehead atoms. The number of methoxy groups -OCH3 is 1. The van der Waals surface area contributed by atoms with E-state index < -0.39 is 0 Å². The summed E-state index contributed by atoms with van der Waals surface area (Å²) in [5, 5.41) is 3.13. The molecule has 4 heteroatoms. The first-order valence-corrected chi connectivity index (χ1v) is 6.35. The minimum absolute atomic E-state index is 0.759. The molecule has 2 heterocycles. The van der Waals surface area contributed by atoms with Crippen molar-refractivity contribution in [1.82, 2.24) is 10.3 Å². The van der Waals surface area contributed by atoms with E-state index in [1.807, 2.05) is 13.2 Å². The number of pyridine rings is 1. The fraction of sp³-hybridized carbons (Fsp3) is 0.500. The molecule has 2 rings (SSSR count). The third kappa shape index (κ3) is 3.31. The van der Waals surface area contributed by atoms with Crippen molar-refractivity contribution in [2.45, 2.75) is 13.0 Å². The monoisotopic (exact) mass is 247 g/mol. The topological polar surface area (TPSA) is 37.4 Å². The second kappa shape index (κ2) is 6.52. The summed E-state index contributed by atoms with van der Waals surface area (Å²) in [7, 11) is 3.69. The molecule has 1 aliphatic heterocycles. The molecule has 0 aromatic carbocycles. The summed E-state index contributed by atoms with van der Waals surface area (Å²) in [5.74, 6) is 0. The van der Waals surface area contributed by atoms with E-state index >= 15 is 0 Å². The van der Waals surface area contributed by atoms with Crippen LogP contribution in [0.3, 0.4) is 0 Å². The lowest BCUT2D eigenvalue weighted by atomic mass is 10.1. The molecule has 0 amide bonds. The van der Waals surface area contributed by atoms with E-state index in [1.54, 1.807) is 7.11 Å². The molecule has 0 spiro atoms. The van der Waals surface area contributed by atoms with Crippen molar-refractivity contribution >= 4 is 5.69 Å². The molecular weight excluding hydrogens is 226 g/mol. The first kappa shape index (κ1) is 13.1. The smallest absolute Gasteiger partial charge is 0.0674 e. The van der Waals surface area contributed by atoms with E-state index in [2.05, 4.69) is 33.4 Å². The van der Waals surface area contributed by atoms with Gasteiger partial charge in [-0.05, 0) is 31.2 Å². The Kier molecular flexibility index (Phi) is 4.73. The van der Waals surface area contributed by atoms with Gasteiger partial charge in [0.05, 0.1) is 12.3 Å². The maximum Gasteiger partial charge on any atom is 0.0674 e. The maximum atomic E-state index is 5.17. The number of hydrogen-bond donors (Lipinski definition) is 1. The van der Waals surface area contributed by atoms with Gasteiger partial charge in [-0.25, -0.2) is 0 Å². The summed E-state index contributed by atoms with van der Waals surface area (Å²) in [4.78, 5) is 6.72. The lowest BCUT2D eigenvalue weighted by molar-refractivity contribution is 0.222. The summed E-state index contributed by atoms with van der Waals surface area (Å²) in [6.07, 6.45) is 5.24. The predicted molar refractivity (Wildman–Crippen MR) is 73.8 cm³/mol. The van der Waals surface area contributed by atoms with Gasteiger partial charge in [-0.2, -0.15) is 0 Å². The molecule has 0 radical (unpaired) electrons. The summed E-state index contributed by atoms with van der Waals surface area (Å²) in [6, 6.07) is 4.24. The van der Waals surface area contributed by atoms with Gasteiger partial charge in [0.1, 0.15) is 0 Å². The van der Waals surface area contributed by atoms with Crippen molar-refractivity contribution in [3.05, 3.63) is 35.7 Å². The molecule has 1 aromatic heterocycles. The van der Waals surface area contributed by atoms with Crippen LogP contribution in [-0.2, 0) is 11.3 Å². The van der Waals surface area contributed by atoms with Crippen LogP contribution < -0.4 is 10.2 Å². The quantitative estimate of drug-likeness (QED) is 0.802. The second-order valence-electron chi connectivity index (χ2n) is 4.53. The van der Waals surface area contributed by atoms with Gasteiger partial charge in [-0.15, -0.1) is 0 Å². The zero-order valence-corrected chi connectivity index (χ0v) is 11.1. The SMILES string of the molecule is CNCc1cc(N2CC=C(COC)CC2)ccn1. The Morgan fingerprint density at radius 2 is 2.39 bits per heavy atom. The fourth-order valence-electron chi connectivity index (χ4n) is 2.20. The van der Waals surface area contributed by atoms with Crippen molar-refractivity contribution < 1.29 is 4.74 Å². The number of aromatic nitrogens is 1. The van der Waals surface area contributed by atoms with Crippen molar-refractivity contribution in [3.63, 3.8) is 0 Å².